The van der Waals surface area contributed by atoms with Crippen molar-refractivity contribution in [2.24, 2.45) is 0 Å². The van der Waals surface area contributed by atoms with Gasteiger partial charge in [0.05, 0.1) is 18.1 Å². The molecule has 0 atom stereocenters. The first-order chi connectivity index (χ1) is 13.2. The van der Waals surface area contributed by atoms with E-state index in [0.29, 0.717) is 11.9 Å². The van der Waals surface area contributed by atoms with Gasteiger partial charge in [-0.3, -0.25) is 4.79 Å². The van der Waals surface area contributed by atoms with Crippen LogP contribution < -0.4 is 10.6 Å². The molecule has 2 N–H and O–H groups in total. The largest absolute Gasteiger partial charge is 0.339 e. The number of anilines is 3. The molecule has 1 heterocycles. The summed E-state index contributed by atoms with van der Waals surface area (Å²) in [4.78, 5) is 20.5. The molecule has 1 amide bonds. The average Bonchev–Trinajstić information content (AvgIpc) is 2.64. The molecule has 2 aromatic carbocycles. The van der Waals surface area contributed by atoms with Crippen LogP contribution in [0.25, 0.3) is 0 Å². The molecular formula is C21H20F2N4O. The Kier molecular flexibility index (Phi) is 5.35. The fourth-order valence-corrected chi connectivity index (χ4v) is 2.67. The molecule has 0 aliphatic carbocycles. The average molecular weight is 382 g/mol. The fraction of sp³-hybridized carbons (Fsp3) is 0.190. The lowest BCUT2D eigenvalue weighted by Crippen LogP contribution is -2.16. The maximum Gasteiger partial charge on any atom is 0.275 e. The molecule has 0 aliphatic rings. The fourth-order valence-electron chi connectivity index (χ4n) is 2.67. The molecule has 3 aromatic rings. The summed E-state index contributed by atoms with van der Waals surface area (Å²) in [6.45, 7) is 6.34. The number of nitrogens with zero attached hydrogens (tertiary/aromatic N) is 2. The van der Waals surface area contributed by atoms with Crippen LogP contribution in [0.1, 0.15) is 36.8 Å². The first-order valence-corrected chi connectivity index (χ1v) is 8.69. The number of para-hydroxylation sites is 1. The van der Waals surface area contributed by atoms with Gasteiger partial charge in [0.1, 0.15) is 23.1 Å². The molecule has 144 valence electrons. The van der Waals surface area contributed by atoms with Gasteiger partial charge in [0, 0.05) is 11.8 Å². The Morgan fingerprint density at radius 3 is 2.36 bits per heavy atom. The van der Waals surface area contributed by atoms with Gasteiger partial charge >= 0.3 is 0 Å². The van der Waals surface area contributed by atoms with Gasteiger partial charge in [-0.2, -0.15) is 0 Å². The molecule has 3 rings (SSSR count). The standard InChI is InChI=1S/C21H20F2N4O/c1-21(2,3)14-6-4-5-7-16(14)26-19-12-24-18(11-25-19)20(28)27-17-9-8-13(22)10-15(17)23/h4-12H,1-3H3,(H,25,26)(H,27,28). The summed E-state index contributed by atoms with van der Waals surface area (Å²) in [7, 11) is 0. The predicted molar refractivity (Wildman–Crippen MR) is 105 cm³/mol. The number of benzene rings is 2. The van der Waals surface area contributed by atoms with E-state index in [1.54, 1.807) is 0 Å². The van der Waals surface area contributed by atoms with Crippen molar-refractivity contribution in [3.8, 4) is 0 Å². The molecule has 0 saturated carbocycles. The summed E-state index contributed by atoms with van der Waals surface area (Å²) in [6.07, 6.45) is 2.72. The Balaban J connectivity index is 1.74. The SMILES string of the molecule is CC(C)(C)c1ccccc1Nc1cnc(C(=O)Nc2ccc(F)cc2F)cn1. The van der Waals surface area contributed by atoms with Crippen LogP contribution in [-0.2, 0) is 5.41 Å². The Morgan fingerprint density at radius 1 is 0.964 bits per heavy atom. The number of carbonyl (C=O) groups is 1. The molecule has 0 aliphatic heterocycles. The third-order valence-electron chi connectivity index (χ3n) is 4.06. The van der Waals surface area contributed by atoms with Crippen molar-refractivity contribution >= 4 is 23.1 Å². The molecule has 0 radical (unpaired) electrons. The second-order valence-electron chi connectivity index (χ2n) is 7.29. The lowest BCUT2D eigenvalue weighted by atomic mass is 9.86. The van der Waals surface area contributed by atoms with Crippen LogP contribution >= 0.6 is 0 Å². The highest BCUT2D eigenvalue weighted by molar-refractivity contribution is 6.02. The molecule has 0 bridgehead atoms. The minimum atomic E-state index is -0.863. The van der Waals surface area contributed by atoms with Crippen LogP contribution in [-0.4, -0.2) is 15.9 Å². The summed E-state index contributed by atoms with van der Waals surface area (Å²) in [5.74, 6) is -1.75. The summed E-state index contributed by atoms with van der Waals surface area (Å²) >= 11 is 0. The zero-order valence-corrected chi connectivity index (χ0v) is 15.8. The highest BCUT2D eigenvalue weighted by Crippen LogP contribution is 2.30. The van der Waals surface area contributed by atoms with Gasteiger partial charge in [-0.1, -0.05) is 39.0 Å². The lowest BCUT2D eigenvalue weighted by molar-refractivity contribution is 0.102. The van der Waals surface area contributed by atoms with Crippen molar-refractivity contribution in [3.05, 3.63) is 77.8 Å². The topological polar surface area (TPSA) is 66.9 Å². The molecule has 0 fully saturated rings. The van der Waals surface area contributed by atoms with Crippen LogP contribution in [0.15, 0.2) is 54.9 Å². The first-order valence-electron chi connectivity index (χ1n) is 8.69. The third kappa shape index (κ3) is 4.49. The van der Waals surface area contributed by atoms with Gasteiger partial charge in [0.15, 0.2) is 0 Å². The highest BCUT2D eigenvalue weighted by Gasteiger charge is 2.18. The van der Waals surface area contributed by atoms with Gasteiger partial charge in [0.25, 0.3) is 5.91 Å². The quantitative estimate of drug-likeness (QED) is 0.663. The summed E-state index contributed by atoms with van der Waals surface area (Å²) in [6, 6.07) is 10.8. The van der Waals surface area contributed by atoms with Crippen molar-refractivity contribution in [3.63, 3.8) is 0 Å². The molecule has 0 spiro atoms. The Hall–Kier alpha value is -3.35. The van der Waals surface area contributed by atoms with Gasteiger partial charge < -0.3 is 10.6 Å². The second kappa shape index (κ2) is 7.72. The van der Waals surface area contributed by atoms with Crippen molar-refractivity contribution in [1.29, 1.82) is 0 Å². The van der Waals surface area contributed by atoms with E-state index in [1.807, 2.05) is 24.3 Å². The van der Waals surface area contributed by atoms with Gasteiger partial charge in [0.2, 0.25) is 0 Å². The molecule has 1 aromatic heterocycles. The maximum absolute atomic E-state index is 13.7. The number of nitrogens with one attached hydrogen (secondary N) is 2. The smallest absolute Gasteiger partial charge is 0.275 e. The van der Waals surface area contributed by atoms with Gasteiger partial charge in [-0.25, -0.2) is 18.7 Å². The number of rotatable bonds is 4. The second-order valence-corrected chi connectivity index (χ2v) is 7.29. The van der Waals surface area contributed by atoms with E-state index >= 15 is 0 Å². The van der Waals surface area contributed by atoms with Crippen molar-refractivity contribution in [1.82, 2.24) is 9.97 Å². The van der Waals surface area contributed by atoms with Gasteiger partial charge in [-0.15, -0.1) is 0 Å². The van der Waals surface area contributed by atoms with Crippen molar-refractivity contribution in [2.75, 3.05) is 10.6 Å². The number of hydrogen-bond donors (Lipinski definition) is 2. The van der Waals surface area contributed by atoms with E-state index in [-0.39, 0.29) is 16.8 Å². The molecule has 28 heavy (non-hydrogen) atoms. The molecule has 0 saturated heterocycles. The lowest BCUT2D eigenvalue weighted by Gasteiger charge is -2.23. The Labute approximate surface area is 161 Å². The van der Waals surface area contributed by atoms with Crippen LogP contribution in [0.2, 0.25) is 0 Å². The van der Waals surface area contributed by atoms with E-state index in [1.165, 1.54) is 12.4 Å². The first kappa shape index (κ1) is 19.4. The maximum atomic E-state index is 13.7. The van der Waals surface area contributed by atoms with E-state index in [2.05, 4.69) is 41.4 Å². The van der Waals surface area contributed by atoms with Crippen LogP contribution in [0.4, 0.5) is 26.0 Å². The third-order valence-corrected chi connectivity index (χ3v) is 4.06. The molecule has 0 unspecified atom stereocenters. The summed E-state index contributed by atoms with van der Waals surface area (Å²) in [5.41, 5.74) is 1.84. The number of amides is 1. The molecule has 7 heteroatoms. The van der Waals surface area contributed by atoms with E-state index in [9.17, 15) is 13.6 Å². The zero-order chi connectivity index (χ0) is 20.3. The number of halogens is 2. The minimum absolute atomic E-state index is 0.0124. The minimum Gasteiger partial charge on any atom is -0.339 e. The number of aromatic nitrogens is 2. The predicted octanol–water partition coefficient (Wildman–Crippen LogP) is 5.05. The zero-order valence-electron chi connectivity index (χ0n) is 15.8. The molecular weight excluding hydrogens is 362 g/mol. The van der Waals surface area contributed by atoms with Crippen molar-refractivity contribution in [2.45, 2.75) is 26.2 Å². The van der Waals surface area contributed by atoms with Crippen LogP contribution in [0.3, 0.4) is 0 Å². The highest BCUT2D eigenvalue weighted by atomic mass is 19.1. The Morgan fingerprint density at radius 2 is 1.71 bits per heavy atom. The number of carbonyl (C=O) groups excluding carboxylic acids is 1. The number of hydrogen-bond acceptors (Lipinski definition) is 4. The summed E-state index contributed by atoms with van der Waals surface area (Å²) < 4.78 is 26.6. The van der Waals surface area contributed by atoms with E-state index < -0.39 is 17.5 Å². The van der Waals surface area contributed by atoms with Gasteiger partial charge in [-0.05, 0) is 29.2 Å². The Bertz CT molecular complexity index is 998. The molecule has 5 nitrogen and oxygen atoms in total. The summed E-state index contributed by atoms with van der Waals surface area (Å²) in [5, 5.41) is 5.55. The van der Waals surface area contributed by atoms with E-state index in [4.69, 9.17) is 0 Å². The van der Waals surface area contributed by atoms with Crippen LogP contribution in [0.5, 0.6) is 0 Å². The van der Waals surface area contributed by atoms with E-state index in [0.717, 1.165) is 23.4 Å². The monoisotopic (exact) mass is 382 g/mol. The van der Waals surface area contributed by atoms with Crippen molar-refractivity contribution < 1.29 is 13.6 Å². The van der Waals surface area contributed by atoms with Crippen LogP contribution in [0, 0.1) is 11.6 Å². The normalized spacial score (nSPS) is 11.2.